The summed E-state index contributed by atoms with van der Waals surface area (Å²) in [7, 11) is -4.25. The third-order valence-corrected chi connectivity index (χ3v) is 12.6. The molecule has 4 aliphatic heterocycles. The highest BCUT2D eigenvalue weighted by Crippen LogP contribution is 2.38. The minimum absolute atomic E-state index is 0.0246. The molecule has 4 heterocycles. The second kappa shape index (κ2) is 17.9. The Balaban J connectivity index is 1.19. The van der Waals surface area contributed by atoms with Gasteiger partial charge in [-0.2, -0.15) is 4.31 Å². The number of hydrogen-bond donors (Lipinski definition) is 2. The Hall–Kier alpha value is -3.67. The van der Waals surface area contributed by atoms with Crippen LogP contribution in [-0.4, -0.2) is 130 Å². The number of unbranched alkanes of at least 4 members (excludes halogenated alkanes) is 2. The molecule has 3 saturated heterocycles. The predicted octanol–water partition coefficient (Wildman–Crippen LogP) is 2.41. The Morgan fingerprint density at radius 2 is 1.78 bits per heavy atom. The topological polar surface area (TPSA) is 179 Å². The Kier molecular flexibility index (Phi) is 13.2. The molecule has 0 bridgehead atoms. The summed E-state index contributed by atoms with van der Waals surface area (Å²) >= 11 is 0. The first-order chi connectivity index (χ1) is 25.9. The first-order valence-corrected chi connectivity index (χ1v) is 20.3. The molecule has 4 aliphatic rings. The Morgan fingerprint density at radius 1 is 1.02 bits per heavy atom. The molecule has 0 aromatic heterocycles. The summed E-state index contributed by atoms with van der Waals surface area (Å²) in [5.74, 6) is 0.493. The van der Waals surface area contributed by atoms with Crippen LogP contribution in [0.2, 0.25) is 0 Å². The second-order valence-corrected chi connectivity index (χ2v) is 17.1. The van der Waals surface area contributed by atoms with Crippen molar-refractivity contribution in [3.63, 3.8) is 0 Å². The number of carboxylic acid groups (broad SMARTS) is 1. The van der Waals surface area contributed by atoms with E-state index < -0.39 is 46.0 Å². The van der Waals surface area contributed by atoms with Gasteiger partial charge in [-0.15, -0.1) is 0 Å². The zero-order chi connectivity index (χ0) is 38.3. The summed E-state index contributed by atoms with van der Waals surface area (Å²) in [6.45, 7) is 6.85. The summed E-state index contributed by atoms with van der Waals surface area (Å²) in [6.07, 6.45) is 0.275. The number of amides is 3. The molecule has 0 unspecified atom stereocenters. The van der Waals surface area contributed by atoms with Gasteiger partial charge in [-0.05, 0) is 48.8 Å². The lowest BCUT2D eigenvalue weighted by Crippen LogP contribution is -2.61. The van der Waals surface area contributed by atoms with Gasteiger partial charge in [0.1, 0.15) is 6.09 Å². The number of aliphatic hydroxyl groups is 1. The molecule has 15 nitrogen and oxygen atoms in total. The van der Waals surface area contributed by atoms with Crippen molar-refractivity contribution in [2.75, 3.05) is 65.9 Å². The number of ether oxygens (including phenoxy) is 5. The van der Waals surface area contributed by atoms with Gasteiger partial charge in [0.2, 0.25) is 16.8 Å². The Labute approximate surface area is 317 Å². The van der Waals surface area contributed by atoms with Crippen LogP contribution in [0.3, 0.4) is 0 Å². The molecule has 3 fully saturated rings. The molecule has 0 radical (unpaired) electrons. The highest BCUT2D eigenvalue weighted by Gasteiger charge is 2.47. The highest BCUT2D eigenvalue weighted by atomic mass is 32.2. The number of benzene rings is 2. The van der Waals surface area contributed by atoms with Crippen molar-refractivity contribution >= 4 is 22.1 Å². The number of hydrogen-bond acceptors (Lipinski definition) is 11. The van der Waals surface area contributed by atoms with Crippen molar-refractivity contribution in [1.82, 2.24) is 19.4 Å². The number of nitrogens with zero attached hydrogens (tertiary/aromatic N) is 3. The number of morpholine rings is 1. The van der Waals surface area contributed by atoms with Crippen LogP contribution >= 0.6 is 0 Å². The minimum Gasteiger partial charge on any atom is -0.530 e. The molecular formula is C38H53N4O11S-. The molecule has 2 aromatic rings. The fraction of sp³-hybridized carbons (Fsp3) is 0.632. The maximum atomic E-state index is 14.5. The molecule has 2 N–H and O–H groups in total. The molecule has 5 atom stereocenters. The first-order valence-electron chi connectivity index (χ1n) is 18.9. The van der Waals surface area contributed by atoms with E-state index in [1.165, 1.54) is 16.4 Å². The maximum absolute atomic E-state index is 14.5. The molecule has 3 amide bonds. The lowest BCUT2D eigenvalue weighted by atomic mass is 9.86. The highest BCUT2D eigenvalue weighted by molar-refractivity contribution is 7.89. The molecule has 0 spiro atoms. The van der Waals surface area contributed by atoms with Gasteiger partial charge < -0.3 is 53.8 Å². The van der Waals surface area contributed by atoms with E-state index in [0.29, 0.717) is 63.8 Å². The number of fused-ring (bicyclic) bond motifs is 2. The normalized spacial score (nSPS) is 22.2. The van der Waals surface area contributed by atoms with Crippen molar-refractivity contribution in [3.8, 4) is 11.5 Å². The summed E-state index contributed by atoms with van der Waals surface area (Å²) in [4.78, 5) is 28.3. The van der Waals surface area contributed by atoms with Crippen molar-refractivity contribution in [1.29, 1.82) is 0 Å². The van der Waals surface area contributed by atoms with E-state index in [9.17, 15) is 28.2 Å². The quantitative estimate of drug-likeness (QED) is 0.226. The largest absolute Gasteiger partial charge is 0.530 e. The monoisotopic (exact) mass is 773 g/mol. The van der Waals surface area contributed by atoms with Crippen molar-refractivity contribution < 1.29 is 51.9 Å². The van der Waals surface area contributed by atoms with Crippen molar-refractivity contribution in [2.45, 2.75) is 81.7 Å². The molecule has 298 valence electrons. The number of rotatable bonds is 17. The van der Waals surface area contributed by atoms with Gasteiger partial charge in [0.25, 0.3) is 0 Å². The van der Waals surface area contributed by atoms with Crippen LogP contribution in [0.25, 0.3) is 0 Å². The molecule has 6 rings (SSSR count). The predicted molar refractivity (Wildman–Crippen MR) is 194 cm³/mol. The van der Waals surface area contributed by atoms with E-state index in [0.717, 1.165) is 29.7 Å². The molecule has 54 heavy (non-hydrogen) atoms. The lowest BCUT2D eigenvalue weighted by molar-refractivity contribution is -0.273. The molecule has 2 aromatic carbocycles. The molecular weight excluding hydrogens is 721 g/mol. The van der Waals surface area contributed by atoms with Gasteiger partial charge in [0.05, 0.1) is 49.5 Å². The van der Waals surface area contributed by atoms with Crippen molar-refractivity contribution in [3.05, 3.63) is 54.1 Å². The summed E-state index contributed by atoms with van der Waals surface area (Å²) in [5, 5.41) is 28.1. The standard InChI is InChI=1S/C38H54N4O11S/c1-38(2,14-7-4-8-15-39-36(44)40-16-19-49-20-17-40)25-41(54(47,48)28-11-12-33-34(22-28)53-26-52-33)23-32(43)30(21-27-9-5-3-6-10-27)42(37(45)46)31-24-51-35-29(31)13-18-50-35/h3,5-6,9-12,22,29-32,35,43H,4,7-8,13-21,23-26H2,1-2H3,(H,39,44)(H,45,46)/p-1/t29-,30-,31-,32+,35+/m0/s1. The van der Waals surface area contributed by atoms with Crippen LogP contribution in [-0.2, 0) is 30.7 Å². The zero-order valence-electron chi connectivity index (χ0n) is 31.1. The average Bonchev–Trinajstić information content (AvgIpc) is 3.92. The number of nitrogens with one attached hydrogen (secondary N) is 1. The first kappa shape index (κ1) is 40.0. The van der Waals surface area contributed by atoms with Crippen LogP contribution in [0, 0.1) is 11.3 Å². The smallest absolute Gasteiger partial charge is 0.317 e. The zero-order valence-corrected chi connectivity index (χ0v) is 31.9. The van der Waals surface area contributed by atoms with E-state index in [4.69, 9.17) is 23.7 Å². The SMILES string of the molecule is CC(C)(CCCCCNC(=O)N1CCOCC1)CN(C[C@@H](O)[C@H](Cc1ccccc1)N(C(=O)[O-])[C@H]1CO[C@H]2OCC[C@H]21)S(=O)(=O)c1ccc2c(c1)OCO2. The molecule has 0 aliphatic carbocycles. The average molecular weight is 774 g/mol. The van der Waals surface area contributed by atoms with Gasteiger partial charge in [-0.25, -0.2) is 13.2 Å². The van der Waals surface area contributed by atoms with E-state index in [1.807, 2.05) is 44.2 Å². The number of carbonyl (C=O) groups excluding carboxylic acids is 2. The Bertz CT molecular complexity index is 1670. The van der Waals surface area contributed by atoms with Crippen LogP contribution in [0.5, 0.6) is 11.5 Å². The molecule has 0 saturated carbocycles. The third-order valence-electron chi connectivity index (χ3n) is 10.7. The van der Waals surface area contributed by atoms with E-state index in [2.05, 4.69) is 5.32 Å². The van der Waals surface area contributed by atoms with Crippen LogP contribution in [0.1, 0.15) is 51.5 Å². The van der Waals surface area contributed by atoms with E-state index >= 15 is 0 Å². The number of aliphatic hydroxyl groups excluding tert-OH is 1. The minimum atomic E-state index is -4.25. The second-order valence-electron chi connectivity index (χ2n) is 15.2. The number of carbonyl (C=O) groups is 2. The van der Waals surface area contributed by atoms with E-state index in [-0.39, 0.29) is 49.8 Å². The van der Waals surface area contributed by atoms with Gasteiger partial charge in [-0.3, -0.25) is 0 Å². The van der Waals surface area contributed by atoms with Crippen LogP contribution in [0.4, 0.5) is 9.59 Å². The van der Waals surface area contributed by atoms with Crippen molar-refractivity contribution in [2.24, 2.45) is 11.3 Å². The summed E-state index contributed by atoms with van der Waals surface area (Å²) < 4.78 is 58.0. The van der Waals surface area contributed by atoms with Gasteiger partial charge >= 0.3 is 6.03 Å². The lowest BCUT2D eigenvalue weighted by Gasteiger charge is -2.43. The number of urea groups is 1. The number of sulfonamides is 1. The summed E-state index contributed by atoms with van der Waals surface area (Å²) in [6, 6.07) is 11.8. The fourth-order valence-electron chi connectivity index (χ4n) is 7.82. The van der Waals surface area contributed by atoms with Gasteiger partial charge in [0.15, 0.2) is 17.8 Å². The third kappa shape index (κ3) is 9.76. The Morgan fingerprint density at radius 3 is 2.54 bits per heavy atom. The fourth-order valence-corrected chi connectivity index (χ4v) is 9.48. The van der Waals surface area contributed by atoms with Gasteiger partial charge in [0, 0.05) is 44.7 Å². The maximum Gasteiger partial charge on any atom is 0.317 e. The van der Waals surface area contributed by atoms with Crippen LogP contribution in [0.15, 0.2) is 53.4 Å². The van der Waals surface area contributed by atoms with Gasteiger partial charge in [-0.1, -0.05) is 57.0 Å². The summed E-state index contributed by atoms with van der Waals surface area (Å²) in [5.41, 5.74) is 0.231. The molecule has 16 heteroatoms. The van der Waals surface area contributed by atoms with Crippen LogP contribution < -0.4 is 19.9 Å². The van der Waals surface area contributed by atoms with E-state index in [1.54, 1.807) is 11.0 Å².